The van der Waals surface area contributed by atoms with Crippen LogP contribution in [0.15, 0.2) is 24.8 Å². The zero-order chi connectivity index (χ0) is 22.9. The molecular formula is C22H32N8O2. The summed E-state index contributed by atoms with van der Waals surface area (Å²) >= 11 is 0. The van der Waals surface area contributed by atoms with E-state index >= 15 is 0 Å². The van der Waals surface area contributed by atoms with Crippen LogP contribution in [0.4, 0.5) is 16.4 Å². The molecule has 1 aliphatic rings. The SMILES string of the molecule is CN(C(=O)OC(C)(C)C)C1CCC(Cn2ncc3cnc(Nc4cnn(C)c4)nc32)CC1. The number of hydrogen-bond acceptors (Lipinski definition) is 7. The molecule has 0 spiro atoms. The second-order valence-electron chi connectivity index (χ2n) is 9.59. The molecule has 0 atom stereocenters. The lowest BCUT2D eigenvalue weighted by atomic mass is 9.85. The molecule has 10 heteroatoms. The molecule has 172 valence electrons. The minimum Gasteiger partial charge on any atom is -0.444 e. The molecule has 10 nitrogen and oxygen atoms in total. The number of amides is 1. The number of rotatable bonds is 5. The predicted octanol–water partition coefficient (Wildman–Crippen LogP) is 3.73. The third-order valence-electron chi connectivity index (χ3n) is 5.81. The third-order valence-corrected chi connectivity index (χ3v) is 5.81. The summed E-state index contributed by atoms with van der Waals surface area (Å²) in [5, 5.41) is 12.8. The fraction of sp³-hybridized carbons (Fsp3) is 0.591. The van der Waals surface area contributed by atoms with Gasteiger partial charge in [-0.1, -0.05) is 0 Å². The summed E-state index contributed by atoms with van der Waals surface area (Å²) < 4.78 is 9.21. The molecule has 0 unspecified atom stereocenters. The normalized spacial score (nSPS) is 19.2. The Labute approximate surface area is 188 Å². The second-order valence-corrected chi connectivity index (χ2v) is 9.59. The molecule has 1 aliphatic carbocycles. The lowest BCUT2D eigenvalue weighted by molar-refractivity contribution is 0.0169. The summed E-state index contributed by atoms with van der Waals surface area (Å²) in [4.78, 5) is 23.2. The van der Waals surface area contributed by atoms with Gasteiger partial charge in [0, 0.05) is 39.1 Å². The minimum atomic E-state index is -0.476. The number of carbonyl (C=O) groups is 1. The van der Waals surface area contributed by atoms with Crippen LogP contribution in [-0.2, 0) is 18.3 Å². The van der Waals surface area contributed by atoms with Crippen LogP contribution in [0.25, 0.3) is 11.0 Å². The van der Waals surface area contributed by atoms with Crippen molar-refractivity contribution < 1.29 is 9.53 Å². The van der Waals surface area contributed by atoms with Crippen LogP contribution in [0.1, 0.15) is 46.5 Å². The fourth-order valence-electron chi connectivity index (χ4n) is 4.12. The van der Waals surface area contributed by atoms with E-state index < -0.39 is 5.60 Å². The molecule has 1 saturated carbocycles. The van der Waals surface area contributed by atoms with Crippen LogP contribution in [0, 0.1) is 5.92 Å². The highest BCUT2D eigenvalue weighted by Crippen LogP contribution is 2.29. The molecule has 0 bridgehead atoms. The van der Waals surface area contributed by atoms with Gasteiger partial charge in [0.05, 0.1) is 23.5 Å². The van der Waals surface area contributed by atoms with Gasteiger partial charge >= 0.3 is 6.09 Å². The van der Waals surface area contributed by atoms with Crippen molar-refractivity contribution in [3.8, 4) is 0 Å². The average molecular weight is 441 g/mol. The number of nitrogens with zero attached hydrogens (tertiary/aromatic N) is 7. The summed E-state index contributed by atoms with van der Waals surface area (Å²) in [6.07, 6.45) is 10.9. The molecule has 0 saturated heterocycles. The van der Waals surface area contributed by atoms with Crippen LogP contribution in [-0.4, -0.2) is 59.2 Å². The number of carbonyl (C=O) groups excluding carboxylic acids is 1. The zero-order valence-corrected chi connectivity index (χ0v) is 19.4. The first kappa shape index (κ1) is 22.0. The van der Waals surface area contributed by atoms with Gasteiger partial charge in [0.2, 0.25) is 5.95 Å². The molecule has 3 aromatic heterocycles. The summed E-state index contributed by atoms with van der Waals surface area (Å²) in [7, 11) is 3.71. The Bertz CT molecular complexity index is 1080. The van der Waals surface area contributed by atoms with Crippen molar-refractivity contribution >= 4 is 28.8 Å². The van der Waals surface area contributed by atoms with Crippen molar-refractivity contribution in [2.75, 3.05) is 12.4 Å². The number of aryl methyl sites for hydroxylation is 1. The van der Waals surface area contributed by atoms with Crippen LogP contribution in [0.5, 0.6) is 0 Å². The van der Waals surface area contributed by atoms with E-state index in [4.69, 9.17) is 4.74 Å². The molecule has 3 heterocycles. The molecule has 0 aromatic carbocycles. The lowest BCUT2D eigenvalue weighted by Gasteiger charge is -2.35. The van der Waals surface area contributed by atoms with Gasteiger partial charge in [-0.15, -0.1) is 0 Å². The van der Waals surface area contributed by atoms with E-state index in [9.17, 15) is 4.79 Å². The monoisotopic (exact) mass is 440 g/mol. The van der Waals surface area contributed by atoms with Gasteiger partial charge in [0.15, 0.2) is 5.65 Å². The van der Waals surface area contributed by atoms with E-state index in [-0.39, 0.29) is 12.1 Å². The van der Waals surface area contributed by atoms with Gasteiger partial charge in [-0.3, -0.25) is 4.68 Å². The molecular weight excluding hydrogens is 408 g/mol. The minimum absolute atomic E-state index is 0.216. The lowest BCUT2D eigenvalue weighted by Crippen LogP contribution is -2.42. The van der Waals surface area contributed by atoms with Gasteiger partial charge < -0.3 is 15.0 Å². The molecule has 1 N–H and O–H groups in total. The summed E-state index contributed by atoms with van der Waals surface area (Å²) in [5.74, 6) is 1.01. The van der Waals surface area contributed by atoms with Crippen molar-refractivity contribution in [2.45, 2.75) is 64.6 Å². The molecule has 4 rings (SSSR count). The molecule has 1 fully saturated rings. The van der Waals surface area contributed by atoms with Crippen LogP contribution in [0.3, 0.4) is 0 Å². The van der Waals surface area contributed by atoms with Crippen LogP contribution >= 0.6 is 0 Å². The maximum absolute atomic E-state index is 12.4. The quantitative estimate of drug-likeness (QED) is 0.645. The smallest absolute Gasteiger partial charge is 0.410 e. The van der Waals surface area contributed by atoms with E-state index in [2.05, 4.69) is 25.5 Å². The van der Waals surface area contributed by atoms with Crippen molar-refractivity contribution in [2.24, 2.45) is 13.0 Å². The van der Waals surface area contributed by atoms with E-state index in [1.807, 2.05) is 51.9 Å². The molecule has 3 aromatic rings. The molecule has 0 radical (unpaired) electrons. The van der Waals surface area contributed by atoms with Gasteiger partial charge in [-0.2, -0.15) is 15.2 Å². The second kappa shape index (κ2) is 8.76. The number of aromatic nitrogens is 6. The third kappa shape index (κ3) is 5.17. The molecule has 32 heavy (non-hydrogen) atoms. The highest BCUT2D eigenvalue weighted by Gasteiger charge is 2.29. The van der Waals surface area contributed by atoms with Crippen molar-refractivity contribution in [1.82, 2.24) is 34.4 Å². The van der Waals surface area contributed by atoms with Crippen molar-refractivity contribution in [3.05, 3.63) is 24.8 Å². The molecule has 1 amide bonds. The number of anilines is 2. The number of nitrogens with one attached hydrogen (secondary N) is 1. The Morgan fingerprint density at radius 2 is 1.94 bits per heavy atom. The van der Waals surface area contributed by atoms with E-state index in [1.54, 1.807) is 22.0 Å². The van der Waals surface area contributed by atoms with E-state index in [0.29, 0.717) is 11.9 Å². The Kier molecular flexibility index (Phi) is 6.03. The zero-order valence-electron chi connectivity index (χ0n) is 19.4. The van der Waals surface area contributed by atoms with E-state index in [1.165, 1.54) is 0 Å². The number of fused-ring (bicyclic) bond motifs is 1. The Hall–Kier alpha value is -3.17. The first-order chi connectivity index (χ1) is 15.2. The van der Waals surface area contributed by atoms with Crippen LogP contribution in [0.2, 0.25) is 0 Å². The number of hydrogen-bond donors (Lipinski definition) is 1. The summed E-state index contributed by atoms with van der Waals surface area (Å²) in [5.41, 5.74) is 1.18. The topological polar surface area (TPSA) is 103 Å². The Balaban J connectivity index is 1.37. The standard InChI is InChI=1S/C22H32N8O2/c1-22(2,3)32-21(31)29(5)18-8-6-15(7-9-18)13-30-19-16(11-25-30)10-23-20(27-19)26-17-12-24-28(4)14-17/h10-12,14-15,18H,6-9,13H2,1-5H3,(H,23,26,27). The summed E-state index contributed by atoms with van der Waals surface area (Å²) in [6.45, 7) is 6.48. The van der Waals surface area contributed by atoms with Gasteiger partial charge in [0.1, 0.15) is 5.60 Å². The predicted molar refractivity (Wildman–Crippen MR) is 122 cm³/mol. The maximum atomic E-state index is 12.4. The average Bonchev–Trinajstić information content (AvgIpc) is 3.32. The van der Waals surface area contributed by atoms with Gasteiger partial charge in [0.25, 0.3) is 0 Å². The van der Waals surface area contributed by atoms with Crippen molar-refractivity contribution in [3.63, 3.8) is 0 Å². The highest BCUT2D eigenvalue weighted by molar-refractivity contribution is 5.75. The van der Waals surface area contributed by atoms with Gasteiger partial charge in [-0.25, -0.2) is 14.5 Å². The van der Waals surface area contributed by atoms with Crippen molar-refractivity contribution in [1.29, 1.82) is 0 Å². The van der Waals surface area contributed by atoms with Crippen LogP contribution < -0.4 is 5.32 Å². The first-order valence-corrected chi connectivity index (χ1v) is 11.1. The molecule has 0 aliphatic heterocycles. The maximum Gasteiger partial charge on any atom is 0.410 e. The van der Waals surface area contributed by atoms with E-state index in [0.717, 1.165) is 48.9 Å². The number of ether oxygens (including phenoxy) is 1. The Morgan fingerprint density at radius 3 is 2.59 bits per heavy atom. The fourth-order valence-corrected chi connectivity index (χ4v) is 4.12. The summed E-state index contributed by atoms with van der Waals surface area (Å²) in [6, 6.07) is 0.216. The first-order valence-electron chi connectivity index (χ1n) is 11.1. The largest absolute Gasteiger partial charge is 0.444 e. The Morgan fingerprint density at radius 1 is 1.19 bits per heavy atom. The highest BCUT2D eigenvalue weighted by atomic mass is 16.6. The van der Waals surface area contributed by atoms with Gasteiger partial charge in [-0.05, 0) is 52.4 Å².